The summed E-state index contributed by atoms with van der Waals surface area (Å²) in [7, 11) is -3.52. The van der Waals surface area contributed by atoms with Gasteiger partial charge in [-0.3, -0.25) is 4.79 Å². The predicted molar refractivity (Wildman–Crippen MR) is 118 cm³/mol. The standard InChI is InChI=1S/C22H26FN5O3S/c23-18-8-6-17(7-9-18)16-24-22(29)5-4-14-28-21-11-10-19(15-20(21)25-26-28)32(30,31)27-12-2-1-3-13-27/h6-11,15H,1-5,12-14,16H2,(H,24,29). The maximum Gasteiger partial charge on any atom is 0.243 e. The fraction of sp³-hybridized carbons (Fsp3) is 0.409. The fourth-order valence-electron chi connectivity index (χ4n) is 3.81. The smallest absolute Gasteiger partial charge is 0.243 e. The Hall–Kier alpha value is -2.85. The van der Waals surface area contributed by atoms with Crippen LogP contribution in [0, 0.1) is 5.82 Å². The van der Waals surface area contributed by atoms with Crippen molar-refractivity contribution in [2.45, 2.75) is 50.1 Å². The van der Waals surface area contributed by atoms with Crippen LogP contribution in [-0.2, 0) is 27.9 Å². The Balaban J connectivity index is 1.33. The number of nitrogens with one attached hydrogen (secondary N) is 1. The van der Waals surface area contributed by atoms with Crippen molar-refractivity contribution < 1.29 is 17.6 Å². The van der Waals surface area contributed by atoms with E-state index in [1.165, 1.54) is 16.4 Å². The summed E-state index contributed by atoms with van der Waals surface area (Å²) in [6, 6.07) is 10.9. The second-order valence-electron chi connectivity index (χ2n) is 7.93. The molecular formula is C22H26FN5O3S. The second-order valence-corrected chi connectivity index (χ2v) is 9.87. The largest absolute Gasteiger partial charge is 0.352 e. The lowest BCUT2D eigenvalue weighted by molar-refractivity contribution is -0.121. The first-order valence-electron chi connectivity index (χ1n) is 10.8. The van der Waals surface area contributed by atoms with Gasteiger partial charge in [0, 0.05) is 32.6 Å². The molecule has 0 bridgehead atoms. The van der Waals surface area contributed by atoms with E-state index in [4.69, 9.17) is 0 Å². The monoisotopic (exact) mass is 459 g/mol. The third kappa shape index (κ3) is 5.13. The fourth-order valence-corrected chi connectivity index (χ4v) is 5.35. The van der Waals surface area contributed by atoms with Crippen LogP contribution in [0.3, 0.4) is 0 Å². The van der Waals surface area contributed by atoms with Gasteiger partial charge >= 0.3 is 0 Å². The van der Waals surface area contributed by atoms with Gasteiger partial charge in [0.1, 0.15) is 11.3 Å². The summed E-state index contributed by atoms with van der Waals surface area (Å²) in [5.74, 6) is -0.412. The highest BCUT2D eigenvalue weighted by molar-refractivity contribution is 7.89. The minimum absolute atomic E-state index is 0.103. The van der Waals surface area contributed by atoms with Crippen LogP contribution in [0.4, 0.5) is 4.39 Å². The maximum atomic E-state index is 12.9. The SMILES string of the molecule is O=C(CCCn1nnc2cc(S(=O)(=O)N3CCCCC3)ccc21)NCc1ccc(F)cc1. The minimum Gasteiger partial charge on any atom is -0.352 e. The van der Waals surface area contributed by atoms with E-state index in [0.717, 1.165) is 30.3 Å². The molecule has 0 radical (unpaired) electrons. The second kappa shape index (κ2) is 9.74. The number of hydrogen-bond acceptors (Lipinski definition) is 5. The van der Waals surface area contributed by atoms with Gasteiger partial charge in [0.05, 0.1) is 10.4 Å². The molecule has 0 aliphatic carbocycles. The van der Waals surface area contributed by atoms with Gasteiger partial charge in [0.15, 0.2) is 0 Å². The van der Waals surface area contributed by atoms with Crippen molar-refractivity contribution >= 4 is 27.0 Å². The normalized spacial score (nSPS) is 15.2. The van der Waals surface area contributed by atoms with Gasteiger partial charge in [0.25, 0.3) is 0 Å². The molecule has 0 atom stereocenters. The van der Waals surface area contributed by atoms with E-state index in [0.29, 0.717) is 44.5 Å². The molecule has 0 saturated carbocycles. The van der Waals surface area contributed by atoms with Crippen LogP contribution < -0.4 is 5.32 Å². The van der Waals surface area contributed by atoms with Gasteiger partial charge in [-0.1, -0.05) is 23.8 Å². The van der Waals surface area contributed by atoms with Crippen molar-refractivity contribution in [3.05, 3.63) is 53.8 Å². The molecule has 0 spiro atoms. The van der Waals surface area contributed by atoms with Crippen molar-refractivity contribution in [2.75, 3.05) is 13.1 Å². The molecule has 8 nitrogen and oxygen atoms in total. The van der Waals surface area contributed by atoms with Crippen molar-refractivity contribution in [2.24, 2.45) is 0 Å². The van der Waals surface area contributed by atoms with Gasteiger partial charge in [-0.05, 0) is 55.2 Å². The molecule has 2 aromatic carbocycles. The van der Waals surface area contributed by atoms with E-state index < -0.39 is 10.0 Å². The summed E-state index contributed by atoms with van der Waals surface area (Å²) < 4.78 is 41.9. The molecule has 2 heterocycles. The van der Waals surface area contributed by atoms with Gasteiger partial charge in [-0.25, -0.2) is 17.5 Å². The first-order valence-corrected chi connectivity index (χ1v) is 12.2. The number of carbonyl (C=O) groups is 1. The van der Waals surface area contributed by atoms with E-state index >= 15 is 0 Å². The molecule has 1 saturated heterocycles. The predicted octanol–water partition coefficient (Wildman–Crippen LogP) is 2.84. The first-order chi connectivity index (χ1) is 15.4. The van der Waals surface area contributed by atoms with Crippen LogP contribution in [-0.4, -0.2) is 46.7 Å². The van der Waals surface area contributed by atoms with Crippen LogP contribution in [0.1, 0.15) is 37.7 Å². The van der Waals surface area contributed by atoms with Crippen molar-refractivity contribution in [3.63, 3.8) is 0 Å². The molecular weight excluding hydrogens is 433 g/mol. The third-order valence-corrected chi connectivity index (χ3v) is 7.51. The lowest BCUT2D eigenvalue weighted by Gasteiger charge is -2.25. The van der Waals surface area contributed by atoms with E-state index in [-0.39, 0.29) is 16.6 Å². The average Bonchev–Trinajstić information content (AvgIpc) is 3.21. The molecule has 1 aliphatic rings. The Morgan fingerprint density at radius 1 is 1.06 bits per heavy atom. The Morgan fingerprint density at radius 2 is 1.81 bits per heavy atom. The molecule has 1 amide bonds. The molecule has 170 valence electrons. The minimum atomic E-state index is -3.52. The molecule has 1 N–H and O–H groups in total. The van der Waals surface area contributed by atoms with Gasteiger partial charge < -0.3 is 5.32 Å². The number of halogens is 1. The van der Waals surface area contributed by atoms with Crippen LogP contribution >= 0.6 is 0 Å². The van der Waals surface area contributed by atoms with Crippen molar-refractivity contribution in [1.82, 2.24) is 24.6 Å². The maximum absolute atomic E-state index is 12.9. The average molecular weight is 460 g/mol. The van der Waals surface area contributed by atoms with Gasteiger partial charge in [0.2, 0.25) is 15.9 Å². The van der Waals surface area contributed by atoms with Gasteiger partial charge in [-0.2, -0.15) is 4.31 Å². The van der Waals surface area contributed by atoms with E-state index in [9.17, 15) is 17.6 Å². The highest BCUT2D eigenvalue weighted by Gasteiger charge is 2.26. The van der Waals surface area contributed by atoms with E-state index in [1.807, 2.05) is 0 Å². The van der Waals surface area contributed by atoms with Crippen molar-refractivity contribution in [1.29, 1.82) is 0 Å². The Morgan fingerprint density at radius 3 is 2.56 bits per heavy atom. The number of amides is 1. The number of aromatic nitrogens is 3. The molecule has 1 aromatic heterocycles. The number of rotatable bonds is 8. The van der Waals surface area contributed by atoms with Crippen LogP contribution in [0.5, 0.6) is 0 Å². The number of benzene rings is 2. The molecule has 4 rings (SSSR count). The Kier molecular flexibility index (Phi) is 6.80. The number of carbonyl (C=O) groups excluding carboxylic acids is 1. The molecule has 1 fully saturated rings. The quantitative estimate of drug-likeness (QED) is 0.559. The summed E-state index contributed by atoms with van der Waals surface area (Å²) in [5, 5.41) is 11.1. The summed E-state index contributed by atoms with van der Waals surface area (Å²) in [6.45, 7) is 1.94. The Bertz CT molecular complexity index is 1190. The summed E-state index contributed by atoms with van der Waals surface area (Å²) >= 11 is 0. The Labute approximate surface area is 186 Å². The van der Waals surface area contributed by atoms with Crippen LogP contribution in [0.15, 0.2) is 47.4 Å². The topological polar surface area (TPSA) is 97.2 Å². The van der Waals surface area contributed by atoms with Crippen molar-refractivity contribution in [3.8, 4) is 0 Å². The molecule has 10 heteroatoms. The number of nitrogens with zero attached hydrogens (tertiary/aromatic N) is 4. The lowest BCUT2D eigenvalue weighted by Crippen LogP contribution is -2.35. The van der Waals surface area contributed by atoms with Gasteiger partial charge in [-0.15, -0.1) is 5.10 Å². The highest BCUT2D eigenvalue weighted by Crippen LogP contribution is 2.23. The number of aryl methyl sites for hydroxylation is 1. The number of hydrogen-bond donors (Lipinski definition) is 1. The zero-order valence-corrected chi connectivity index (χ0v) is 18.5. The number of fused-ring (bicyclic) bond motifs is 1. The third-order valence-electron chi connectivity index (χ3n) is 5.61. The highest BCUT2D eigenvalue weighted by atomic mass is 32.2. The van der Waals surface area contributed by atoms with Crippen LogP contribution in [0.25, 0.3) is 11.0 Å². The number of piperidine rings is 1. The van der Waals surface area contributed by atoms with Crippen LogP contribution in [0.2, 0.25) is 0 Å². The molecule has 0 unspecified atom stereocenters. The molecule has 3 aromatic rings. The summed E-state index contributed by atoms with van der Waals surface area (Å²) in [6.07, 6.45) is 3.69. The summed E-state index contributed by atoms with van der Waals surface area (Å²) in [5.41, 5.74) is 2.08. The zero-order valence-electron chi connectivity index (χ0n) is 17.7. The molecule has 1 aliphatic heterocycles. The lowest BCUT2D eigenvalue weighted by atomic mass is 10.2. The molecule has 32 heavy (non-hydrogen) atoms. The first kappa shape index (κ1) is 22.3. The van der Waals surface area contributed by atoms with E-state index in [1.54, 1.807) is 35.0 Å². The zero-order chi connectivity index (χ0) is 22.6. The number of sulfonamides is 1. The summed E-state index contributed by atoms with van der Waals surface area (Å²) in [4.78, 5) is 12.3. The van der Waals surface area contributed by atoms with E-state index in [2.05, 4.69) is 15.6 Å².